The molecule has 4 heteroatoms. The fourth-order valence-corrected chi connectivity index (χ4v) is 1.92. The highest BCUT2D eigenvalue weighted by Gasteiger charge is 2.04. The van der Waals surface area contributed by atoms with Gasteiger partial charge in [0.15, 0.2) is 6.29 Å². The Labute approximate surface area is 98.1 Å². The molecule has 0 saturated heterocycles. The van der Waals surface area contributed by atoms with Crippen molar-refractivity contribution < 1.29 is 4.79 Å². The lowest BCUT2D eigenvalue weighted by Gasteiger charge is -2.01. The van der Waals surface area contributed by atoms with Gasteiger partial charge in [0.05, 0.1) is 17.9 Å². The van der Waals surface area contributed by atoms with Gasteiger partial charge in [0.2, 0.25) is 0 Å². The quantitative estimate of drug-likeness (QED) is 0.639. The highest BCUT2D eigenvalue weighted by atomic mass is 16.1. The molecule has 0 aliphatic rings. The molecule has 0 saturated carbocycles. The summed E-state index contributed by atoms with van der Waals surface area (Å²) in [7, 11) is 0. The number of hydrogen-bond donors (Lipinski definition) is 0. The Balaban J connectivity index is 1.97. The maximum absolute atomic E-state index is 10.8. The van der Waals surface area contributed by atoms with E-state index in [9.17, 15) is 4.79 Å². The molecule has 0 aromatic carbocycles. The molecule has 3 rings (SSSR count). The van der Waals surface area contributed by atoms with Gasteiger partial charge in [-0.25, -0.2) is 4.98 Å². The third kappa shape index (κ3) is 1.73. The Bertz CT molecular complexity index is 633. The first-order valence-electron chi connectivity index (χ1n) is 5.40. The SMILES string of the molecule is O=Cc1cccn1Cc1cn2ccccc2n1. The van der Waals surface area contributed by atoms with E-state index in [0.717, 1.165) is 17.6 Å². The fraction of sp³-hybridized carbons (Fsp3) is 0.0769. The average molecular weight is 225 g/mol. The molecule has 3 aromatic rings. The first-order valence-corrected chi connectivity index (χ1v) is 5.40. The zero-order valence-electron chi connectivity index (χ0n) is 9.15. The minimum absolute atomic E-state index is 0.614. The van der Waals surface area contributed by atoms with Gasteiger partial charge in [-0.1, -0.05) is 6.07 Å². The third-order valence-corrected chi connectivity index (χ3v) is 2.73. The molecule has 0 bridgehead atoms. The molecule has 0 amide bonds. The molecule has 17 heavy (non-hydrogen) atoms. The zero-order valence-corrected chi connectivity index (χ0v) is 9.15. The maximum Gasteiger partial charge on any atom is 0.166 e. The van der Waals surface area contributed by atoms with Crippen molar-refractivity contribution in [3.8, 4) is 0 Å². The van der Waals surface area contributed by atoms with Gasteiger partial charge in [-0.2, -0.15) is 0 Å². The number of aromatic nitrogens is 3. The molecule has 0 fully saturated rings. The maximum atomic E-state index is 10.8. The molecule has 4 nitrogen and oxygen atoms in total. The van der Waals surface area contributed by atoms with Crippen LogP contribution in [0.25, 0.3) is 5.65 Å². The number of nitrogens with zero attached hydrogens (tertiary/aromatic N) is 3. The largest absolute Gasteiger partial charge is 0.339 e. The highest BCUT2D eigenvalue weighted by molar-refractivity contribution is 5.72. The average Bonchev–Trinajstić information content (AvgIpc) is 2.94. The lowest BCUT2D eigenvalue weighted by molar-refractivity contribution is 0.111. The van der Waals surface area contributed by atoms with Crippen LogP contribution < -0.4 is 0 Å². The van der Waals surface area contributed by atoms with Gasteiger partial charge in [-0.15, -0.1) is 0 Å². The van der Waals surface area contributed by atoms with Gasteiger partial charge in [-0.3, -0.25) is 4.79 Å². The number of pyridine rings is 1. The van der Waals surface area contributed by atoms with Crippen molar-refractivity contribution in [2.24, 2.45) is 0 Å². The van der Waals surface area contributed by atoms with E-state index in [1.54, 1.807) is 6.07 Å². The summed E-state index contributed by atoms with van der Waals surface area (Å²) in [5.41, 5.74) is 2.53. The van der Waals surface area contributed by atoms with Crippen LogP contribution in [0.3, 0.4) is 0 Å². The molecule has 0 spiro atoms. The van der Waals surface area contributed by atoms with E-state index >= 15 is 0 Å². The minimum atomic E-state index is 0.614. The third-order valence-electron chi connectivity index (χ3n) is 2.73. The number of imidazole rings is 1. The van der Waals surface area contributed by atoms with Crippen molar-refractivity contribution in [1.29, 1.82) is 0 Å². The lowest BCUT2D eigenvalue weighted by Crippen LogP contribution is -2.02. The van der Waals surface area contributed by atoms with Crippen LogP contribution in [-0.2, 0) is 6.54 Å². The summed E-state index contributed by atoms with van der Waals surface area (Å²) in [5, 5.41) is 0. The van der Waals surface area contributed by atoms with Crippen LogP contribution in [0, 0.1) is 0 Å². The minimum Gasteiger partial charge on any atom is -0.339 e. The molecule has 0 atom stereocenters. The van der Waals surface area contributed by atoms with Crippen molar-refractivity contribution >= 4 is 11.9 Å². The highest BCUT2D eigenvalue weighted by Crippen LogP contribution is 2.08. The van der Waals surface area contributed by atoms with Crippen LogP contribution in [0.4, 0.5) is 0 Å². The predicted molar refractivity (Wildman–Crippen MR) is 64.1 cm³/mol. The summed E-state index contributed by atoms with van der Waals surface area (Å²) in [6.45, 7) is 0.614. The van der Waals surface area contributed by atoms with Crippen molar-refractivity contribution in [3.05, 3.63) is 60.3 Å². The number of carbonyl (C=O) groups is 1. The normalized spacial score (nSPS) is 10.8. The Hall–Kier alpha value is -2.36. The summed E-state index contributed by atoms with van der Waals surface area (Å²) in [5.74, 6) is 0. The molecule has 0 unspecified atom stereocenters. The van der Waals surface area contributed by atoms with Crippen molar-refractivity contribution in [2.75, 3.05) is 0 Å². The van der Waals surface area contributed by atoms with Crippen LogP contribution in [0.1, 0.15) is 16.2 Å². The molecular weight excluding hydrogens is 214 g/mol. The second kappa shape index (κ2) is 3.90. The first kappa shape index (κ1) is 9.84. The van der Waals surface area contributed by atoms with E-state index in [2.05, 4.69) is 4.98 Å². The molecule has 84 valence electrons. The number of rotatable bonds is 3. The summed E-state index contributed by atoms with van der Waals surface area (Å²) >= 11 is 0. The summed E-state index contributed by atoms with van der Waals surface area (Å²) in [6, 6.07) is 9.53. The second-order valence-corrected chi connectivity index (χ2v) is 3.88. The summed E-state index contributed by atoms with van der Waals surface area (Å²) in [4.78, 5) is 15.3. The van der Waals surface area contributed by atoms with Gasteiger partial charge >= 0.3 is 0 Å². The van der Waals surface area contributed by atoms with Crippen LogP contribution in [-0.4, -0.2) is 20.2 Å². The van der Waals surface area contributed by atoms with E-state index in [4.69, 9.17) is 0 Å². The zero-order chi connectivity index (χ0) is 11.7. The van der Waals surface area contributed by atoms with Crippen molar-refractivity contribution in [1.82, 2.24) is 14.0 Å². The van der Waals surface area contributed by atoms with Gasteiger partial charge in [0.1, 0.15) is 5.65 Å². The van der Waals surface area contributed by atoms with Crippen molar-refractivity contribution in [3.63, 3.8) is 0 Å². The Kier molecular flexibility index (Phi) is 2.26. The Morgan fingerprint density at radius 2 is 2.12 bits per heavy atom. The topological polar surface area (TPSA) is 39.3 Å². The van der Waals surface area contributed by atoms with E-state index in [1.807, 2.05) is 51.8 Å². The van der Waals surface area contributed by atoms with E-state index in [-0.39, 0.29) is 0 Å². The molecule has 0 aliphatic carbocycles. The van der Waals surface area contributed by atoms with E-state index < -0.39 is 0 Å². The van der Waals surface area contributed by atoms with Crippen molar-refractivity contribution in [2.45, 2.75) is 6.54 Å². The van der Waals surface area contributed by atoms with E-state index in [1.165, 1.54) is 0 Å². The smallest absolute Gasteiger partial charge is 0.166 e. The predicted octanol–water partition coefficient (Wildman–Crippen LogP) is 2.00. The second-order valence-electron chi connectivity index (χ2n) is 3.88. The van der Waals surface area contributed by atoms with Gasteiger partial charge in [0.25, 0.3) is 0 Å². The molecular formula is C13H11N3O. The van der Waals surface area contributed by atoms with Crippen LogP contribution >= 0.6 is 0 Å². The molecule has 3 aromatic heterocycles. The van der Waals surface area contributed by atoms with Gasteiger partial charge in [-0.05, 0) is 24.3 Å². The van der Waals surface area contributed by atoms with E-state index in [0.29, 0.717) is 12.2 Å². The lowest BCUT2D eigenvalue weighted by atomic mass is 10.4. The molecule has 0 N–H and O–H groups in total. The van der Waals surface area contributed by atoms with Crippen LogP contribution in [0.15, 0.2) is 48.9 Å². The number of hydrogen-bond acceptors (Lipinski definition) is 2. The van der Waals surface area contributed by atoms with Gasteiger partial charge < -0.3 is 8.97 Å². The molecule has 0 aliphatic heterocycles. The standard InChI is InChI=1S/C13H11N3O/c17-10-12-4-3-7-15(12)8-11-9-16-6-2-1-5-13(16)14-11/h1-7,9-10H,8H2. The molecule has 0 radical (unpaired) electrons. The number of carbonyl (C=O) groups excluding carboxylic acids is 1. The summed E-state index contributed by atoms with van der Waals surface area (Å²) in [6.07, 6.45) is 6.68. The fourth-order valence-electron chi connectivity index (χ4n) is 1.92. The van der Waals surface area contributed by atoms with Crippen LogP contribution in [0.2, 0.25) is 0 Å². The Morgan fingerprint density at radius 1 is 1.18 bits per heavy atom. The van der Waals surface area contributed by atoms with Crippen LogP contribution in [0.5, 0.6) is 0 Å². The molecule has 3 heterocycles. The summed E-state index contributed by atoms with van der Waals surface area (Å²) < 4.78 is 3.86. The number of aldehydes is 1. The first-order chi connectivity index (χ1) is 8.36. The monoisotopic (exact) mass is 225 g/mol. The number of fused-ring (bicyclic) bond motifs is 1. The Morgan fingerprint density at radius 3 is 2.94 bits per heavy atom. The van der Waals surface area contributed by atoms with Gasteiger partial charge in [0, 0.05) is 18.6 Å².